The number of nitrogens with zero attached hydrogens (tertiary/aromatic N) is 2. The lowest BCUT2D eigenvalue weighted by Gasteiger charge is -2.42. The van der Waals surface area contributed by atoms with Gasteiger partial charge in [0, 0.05) is 37.6 Å². The number of carbonyl (C=O) groups is 2. The molecule has 0 aromatic rings. The second kappa shape index (κ2) is 7.38. The zero-order chi connectivity index (χ0) is 18.4. The van der Waals surface area contributed by atoms with Crippen molar-refractivity contribution in [1.82, 2.24) is 15.1 Å². The summed E-state index contributed by atoms with van der Waals surface area (Å²) in [6.45, 7) is 3.88. The van der Waals surface area contributed by atoms with E-state index in [1.807, 2.05) is 0 Å². The number of hydrogen-bond acceptors (Lipinski definition) is 3. The first kappa shape index (κ1) is 18.0. The summed E-state index contributed by atoms with van der Waals surface area (Å²) in [6, 6.07) is 1.04. The molecule has 1 unspecified atom stereocenters. The van der Waals surface area contributed by atoms with Crippen molar-refractivity contribution in [2.24, 2.45) is 23.7 Å². The largest absolute Gasteiger partial charge is 0.353 e. The summed E-state index contributed by atoms with van der Waals surface area (Å²) in [5, 5.41) is 3.46. The van der Waals surface area contributed by atoms with E-state index in [4.69, 9.17) is 0 Å². The molecular weight excluding hydrogens is 338 g/mol. The summed E-state index contributed by atoms with van der Waals surface area (Å²) in [5.41, 5.74) is 0. The Morgan fingerprint density at radius 3 is 2.04 bits per heavy atom. The third-order valence-corrected chi connectivity index (χ3v) is 7.61. The fourth-order valence-corrected chi connectivity index (χ4v) is 5.41. The maximum absolute atomic E-state index is 12.9. The van der Waals surface area contributed by atoms with Crippen molar-refractivity contribution in [1.29, 1.82) is 0 Å². The number of piperidine rings is 2. The summed E-state index contributed by atoms with van der Waals surface area (Å²) >= 11 is 0. The van der Waals surface area contributed by atoms with Crippen molar-refractivity contribution in [3.05, 3.63) is 0 Å². The molecule has 5 heteroatoms. The van der Waals surface area contributed by atoms with Gasteiger partial charge >= 0.3 is 0 Å². The van der Waals surface area contributed by atoms with E-state index in [2.05, 4.69) is 15.1 Å². The van der Waals surface area contributed by atoms with Gasteiger partial charge in [0.2, 0.25) is 11.8 Å². The standard InChI is InChI=1S/C22H35N3O2/c26-21(23-20(15-3-4-15)16-5-6-16)18-2-1-11-25(14-18)19-9-12-24(13-10-19)22(27)17-7-8-17/h15-20H,1-14H2,(H,23,26). The third-order valence-electron chi connectivity index (χ3n) is 7.61. The fourth-order valence-electron chi connectivity index (χ4n) is 5.41. The Labute approximate surface area is 163 Å². The van der Waals surface area contributed by atoms with Crippen LogP contribution >= 0.6 is 0 Å². The molecule has 2 aliphatic heterocycles. The predicted molar refractivity (Wildman–Crippen MR) is 104 cm³/mol. The lowest BCUT2D eigenvalue weighted by molar-refractivity contribution is -0.134. The SMILES string of the molecule is O=C(NC(C1CC1)C1CC1)C1CCCN(C2CCN(C(=O)C3CC3)CC2)C1. The minimum Gasteiger partial charge on any atom is -0.353 e. The number of likely N-dealkylation sites (tertiary alicyclic amines) is 2. The number of hydrogen-bond donors (Lipinski definition) is 1. The highest BCUT2D eigenvalue weighted by atomic mass is 16.2. The zero-order valence-electron chi connectivity index (χ0n) is 16.6. The third kappa shape index (κ3) is 4.18. The summed E-state index contributed by atoms with van der Waals surface area (Å²) < 4.78 is 0. The molecule has 2 heterocycles. The topological polar surface area (TPSA) is 52.7 Å². The fraction of sp³-hybridized carbons (Fsp3) is 0.909. The average Bonchev–Trinajstić information content (AvgIpc) is 3.58. The summed E-state index contributed by atoms with van der Waals surface area (Å²) in [6.07, 6.45) is 11.8. The van der Waals surface area contributed by atoms with Crippen LogP contribution in [0.2, 0.25) is 0 Å². The zero-order valence-corrected chi connectivity index (χ0v) is 16.6. The van der Waals surface area contributed by atoms with Crippen LogP contribution in [0.5, 0.6) is 0 Å². The van der Waals surface area contributed by atoms with Crippen molar-refractivity contribution in [2.45, 2.75) is 76.3 Å². The van der Waals surface area contributed by atoms with Crippen LogP contribution in [-0.2, 0) is 9.59 Å². The van der Waals surface area contributed by atoms with Crippen LogP contribution in [0.25, 0.3) is 0 Å². The van der Waals surface area contributed by atoms with Crippen LogP contribution < -0.4 is 5.32 Å². The molecule has 2 saturated heterocycles. The molecule has 2 amide bonds. The van der Waals surface area contributed by atoms with E-state index in [1.54, 1.807) is 0 Å². The lowest BCUT2D eigenvalue weighted by Crippen LogP contribution is -2.52. The molecule has 0 spiro atoms. The molecular formula is C22H35N3O2. The molecule has 5 rings (SSSR count). The monoisotopic (exact) mass is 373 g/mol. The Balaban J connectivity index is 1.12. The molecule has 0 bridgehead atoms. The van der Waals surface area contributed by atoms with Crippen LogP contribution in [0.1, 0.15) is 64.2 Å². The summed E-state index contributed by atoms with van der Waals surface area (Å²) in [5.74, 6) is 2.78. The van der Waals surface area contributed by atoms with E-state index in [1.165, 1.54) is 25.7 Å². The Morgan fingerprint density at radius 1 is 0.778 bits per heavy atom. The lowest BCUT2D eigenvalue weighted by atomic mass is 9.92. The van der Waals surface area contributed by atoms with E-state index in [9.17, 15) is 9.59 Å². The maximum atomic E-state index is 12.9. The second-order valence-electron chi connectivity index (χ2n) is 9.87. The molecule has 5 nitrogen and oxygen atoms in total. The van der Waals surface area contributed by atoms with Gasteiger partial charge in [0.25, 0.3) is 0 Å². The van der Waals surface area contributed by atoms with Gasteiger partial charge < -0.3 is 10.2 Å². The molecule has 0 radical (unpaired) electrons. The predicted octanol–water partition coefficient (Wildman–Crippen LogP) is 2.40. The minimum atomic E-state index is 0.171. The normalized spacial score (nSPS) is 30.6. The van der Waals surface area contributed by atoms with Crippen molar-refractivity contribution >= 4 is 11.8 Å². The van der Waals surface area contributed by atoms with E-state index >= 15 is 0 Å². The van der Waals surface area contributed by atoms with Gasteiger partial charge in [-0.15, -0.1) is 0 Å². The van der Waals surface area contributed by atoms with Crippen molar-refractivity contribution < 1.29 is 9.59 Å². The second-order valence-corrected chi connectivity index (χ2v) is 9.87. The van der Waals surface area contributed by atoms with Gasteiger partial charge in [-0.25, -0.2) is 0 Å². The van der Waals surface area contributed by atoms with E-state index in [-0.39, 0.29) is 5.92 Å². The molecule has 27 heavy (non-hydrogen) atoms. The molecule has 5 fully saturated rings. The van der Waals surface area contributed by atoms with Gasteiger partial charge in [-0.2, -0.15) is 0 Å². The van der Waals surface area contributed by atoms with E-state index < -0.39 is 0 Å². The highest BCUT2D eigenvalue weighted by Gasteiger charge is 2.43. The van der Waals surface area contributed by atoms with Crippen LogP contribution in [0.4, 0.5) is 0 Å². The summed E-state index contributed by atoms with van der Waals surface area (Å²) in [4.78, 5) is 29.9. The van der Waals surface area contributed by atoms with Gasteiger partial charge in [-0.3, -0.25) is 14.5 Å². The van der Waals surface area contributed by atoms with Crippen LogP contribution in [-0.4, -0.2) is 59.9 Å². The summed E-state index contributed by atoms with van der Waals surface area (Å²) in [7, 11) is 0. The van der Waals surface area contributed by atoms with Gasteiger partial charge in [0.1, 0.15) is 0 Å². The Hall–Kier alpha value is -1.10. The molecule has 150 valence electrons. The van der Waals surface area contributed by atoms with Crippen molar-refractivity contribution in [3.8, 4) is 0 Å². The van der Waals surface area contributed by atoms with Gasteiger partial charge in [0.05, 0.1) is 5.92 Å². The van der Waals surface area contributed by atoms with Gasteiger partial charge in [-0.05, 0) is 82.6 Å². The Morgan fingerprint density at radius 2 is 1.44 bits per heavy atom. The molecule has 3 saturated carbocycles. The van der Waals surface area contributed by atoms with Gasteiger partial charge in [0.15, 0.2) is 0 Å². The average molecular weight is 374 g/mol. The van der Waals surface area contributed by atoms with Crippen LogP contribution in [0.15, 0.2) is 0 Å². The number of nitrogens with one attached hydrogen (secondary N) is 1. The number of amides is 2. The molecule has 1 atom stereocenters. The molecule has 0 aromatic carbocycles. The number of rotatable bonds is 6. The highest BCUT2D eigenvalue weighted by molar-refractivity contribution is 5.81. The highest BCUT2D eigenvalue weighted by Crippen LogP contribution is 2.44. The Bertz CT molecular complexity index is 562. The quantitative estimate of drug-likeness (QED) is 0.778. The van der Waals surface area contributed by atoms with E-state index in [0.717, 1.165) is 76.5 Å². The van der Waals surface area contributed by atoms with Crippen LogP contribution in [0.3, 0.4) is 0 Å². The first-order valence-electron chi connectivity index (χ1n) is 11.5. The molecule has 3 aliphatic carbocycles. The Kier molecular flexibility index (Phi) is 4.91. The van der Waals surface area contributed by atoms with Crippen LogP contribution in [0, 0.1) is 23.7 Å². The molecule has 5 aliphatic rings. The maximum Gasteiger partial charge on any atom is 0.225 e. The van der Waals surface area contributed by atoms with Crippen molar-refractivity contribution in [3.63, 3.8) is 0 Å². The first-order valence-corrected chi connectivity index (χ1v) is 11.5. The first-order chi connectivity index (χ1) is 13.2. The van der Waals surface area contributed by atoms with Gasteiger partial charge in [-0.1, -0.05) is 0 Å². The number of carbonyl (C=O) groups excluding carboxylic acids is 2. The minimum absolute atomic E-state index is 0.171. The van der Waals surface area contributed by atoms with Crippen molar-refractivity contribution in [2.75, 3.05) is 26.2 Å². The van der Waals surface area contributed by atoms with E-state index in [0.29, 0.717) is 29.8 Å². The smallest absolute Gasteiger partial charge is 0.225 e. The molecule has 0 aromatic heterocycles. The molecule has 1 N–H and O–H groups in total.